The SMILES string of the molecule is CCN(CC)C(=O)c1ccc(NC(=O)CN2C(=O)N[C@]3(CCOc4ccccc43)C2=O)cc1. The van der Waals surface area contributed by atoms with Crippen molar-refractivity contribution in [2.75, 3.05) is 31.6 Å². The maximum atomic E-state index is 13.2. The molecule has 0 aliphatic carbocycles. The average molecular weight is 450 g/mol. The van der Waals surface area contributed by atoms with Gasteiger partial charge in [-0.1, -0.05) is 18.2 Å². The first kappa shape index (κ1) is 22.3. The highest BCUT2D eigenvalue weighted by Crippen LogP contribution is 2.40. The number of carbonyl (C=O) groups excluding carboxylic acids is 4. The van der Waals surface area contributed by atoms with Crippen LogP contribution in [0.3, 0.4) is 0 Å². The molecule has 1 saturated heterocycles. The van der Waals surface area contributed by atoms with Crippen LogP contribution in [0.15, 0.2) is 48.5 Å². The number of rotatable bonds is 6. The Morgan fingerprint density at radius 2 is 1.79 bits per heavy atom. The molecule has 2 N–H and O–H groups in total. The summed E-state index contributed by atoms with van der Waals surface area (Å²) in [7, 11) is 0. The highest BCUT2D eigenvalue weighted by Gasteiger charge is 2.55. The lowest BCUT2D eigenvalue weighted by molar-refractivity contribution is -0.135. The van der Waals surface area contributed by atoms with E-state index >= 15 is 0 Å². The summed E-state index contributed by atoms with van der Waals surface area (Å²) in [6, 6.07) is 13.0. The molecule has 2 aromatic carbocycles. The van der Waals surface area contributed by atoms with Crippen molar-refractivity contribution in [2.24, 2.45) is 0 Å². The summed E-state index contributed by atoms with van der Waals surface area (Å²) >= 11 is 0. The van der Waals surface area contributed by atoms with Crippen LogP contribution in [0.1, 0.15) is 36.2 Å². The van der Waals surface area contributed by atoms with Crippen molar-refractivity contribution in [1.29, 1.82) is 0 Å². The molecule has 0 unspecified atom stereocenters. The van der Waals surface area contributed by atoms with E-state index in [9.17, 15) is 19.2 Å². The minimum atomic E-state index is -1.22. The van der Waals surface area contributed by atoms with Crippen LogP contribution >= 0.6 is 0 Å². The summed E-state index contributed by atoms with van der Waals surface area (Å²) in [5.41, 5.74) is 0.352. The van der Waals surface area contributed by atoms with E-state index in [0.717, 1.165) is 4.90 Å². The average Bonchev–Trinajstić information content (AvgIpc) is 3.05. The van der Waals surface area contributed by atoms with Gasteiger partial charge in [0.25, 0.3) is 11.8 Å². The van der Waals surface area contributed by atoms with Crippen LogP contribution in [-0.2, 0) is 15.1 Å². The Kier molecular flexibility index (Phi) is 6.04. The van der Waals surface area contributed by atoms with E-state index in [2.05, 4.69) is 10.6 Å². The normalized spacial score (nSPS) is 19.0. The molecule has 172 valence electrons. The number of nitrogens with one attached hydrogen (secondary N) is 2. The van der Waals surface area contributed by atoms with Gasteiger partial charge >= 0.3 is 6.03 Å². The summed E-state index contributed by atoms with van der Waals surface area (Å²) in [5.74, 6) is -0.528. The third-order valence-corrected chi connectivity index (χ3v) is 6.03. The molecule has 2 aromatic rings. The van der Waals surface area contributed by atoms with Crippen LogP contribution in [0.25, 0.3) is 0 Å². The molecular weight excluding hydrogens is 424 g/mol. The molecule has 2 heterocycles. The van der Waals surface area contributed by atoms with Crippen molar-refractivity contribution in [3.8, 4) is 5.75 Å². The fourth-order valence-electron chi connectivity index (χ4n) is 4.25. The maximum absolute atomic E-state index is 13.2. The van der Waals surface area contributed by atoms with Gasteiger partial charge in [-0.05, 0) is 44.2 Å². The molecule has 0 radical (unpaired) electrons. The van der Waals surface area contributed by atoms with Crippen LogP contribution in [0.5, 0.6) is 5.75 Å². The Morgan fingerprint density at radius 3 is 2.48 bits per heavy atom. The predicted molar refractivity (Wildman–Crippen MR) is 121 cm³/mol. The lowest BCUT2D eigenvalue weighted by atomic mass is 9.84. The Balaban J connectivity index is 1.44. The Bertz CT molecular complexity index is 1100. The molecule has 0 aromatic heterocycles. The first-order chi connectivity index (χ1) is 15.9. The standard InChI is InChI=1S/C24H26N4O5/c1-3-27(4-2)21(30)16-9-11-17(12-10-16)25-20(29)15-28-22(31)24(26-23(28)32)13-14-33-19-8-6-5-7-18(19)24/h5-12H,3-4,13-15H2,1-2H3,(H,25,29)(H,26,32)/t24-/m0/s1. The van der Waals surface area contributed by atoms with Crippen molar-refractivity contribution in [3.63, 3.8) is 0 Å². The molecule has 1 fully saturated rings. The van der Waals surface area contributed by atoms with Crippen LogP contribution in [0.2, 0.25) is 0 Å². The quantitative estimate of drug-likeness (QED) is 0.657. The highest BCUT2D eigenvalue weighted by molar-refractivity contribution is 6.10. The molecule has 2 aliphatic rings. The van der Waals surface area contributed by atoms with Gasteiger partial charge in [-0.3, -0.25) is 19.3 Å². The van der Waals surface area contributed by atoms with Crippen molar-refractivity contribution in [2.45, 2.75) is 25.8 Å². The number of ether oxygens (including phenoxy) is 1. The monoisotopic (exact) mass is 450 g/mol. The topological polar surface area (TPSA) is 108 Å². The van der Waals surface area contributed by atoms with Gasteiger partial charge in [0, 0.05) is 36.3 Å². The highest BCUT2D eigenvalue weighted by atomic mass is 16.5. The van der Waals surface area contributed by atoms with Crippen LogP contribution in [0, 0.1) is 0 Å². The number of para-hydroxylation sites is 1. The van der Waals surface area contributed by atoms with E-state index in [1.165, 1.54) is 0 Å². The third kappa shape index (κ3) is 4.02. The number of nitrogens with zero attached hydrogens (tertiary/aromatic N) is 2. The number of urea groups is 1. The zero-order valence-corrected chi connectivity index (χ0v) is 18.6. The number of fused-ring (bicyclic) bond motifs is 2. The molecular formula is C24H26N4O5. The maximum Gasteiger partial charge on any atom is 0.325 e. The van der Waals surface area contributed by atoms with Gasteiger partial charge in [-0.15, -0.1) is 0 Å². The number of carbonyl (C=O) groups is 4. The summed E-state index contributed by atoms with van der Waals surface area (Å²) in [6.45, 7) is 4.90. The number of amides is 5. The molecule has 33 heavy (non-hydrogen) atoms. The van der Waals surface area contributed by atoms with Crippen LogP contribution < -0.4 is 15.4 Å². The van der Waals surface area contributed by atoms with Gasteiger partial charge in [0.05, 0.1) is 6.61 Å². The molecule has 1 spiro atoms. The zero-order valence-electron chi connectivity index (χ0n) is 18.6. The van der Waals surface area contributed by atoms with Gasteiger partial charge in [0.1, 0.15) is 12.3 Å². The molecule has 9 nitrogen and oxygen atoms in total. The van der Waals surface area contributed by atoms with Crippen molar-refractivity contribution < 1.29 is 23.9 Å². The summed E-state index contributed by atoms with van der Waals surface area (Å²) in [5, 5.41) is 5.45. The third-order valence-electron chi connectivity index (χ3n) is 6.03. The molecule has 0 saturated carbocycles. The van der Waals surface area contributed by atoms with Crippen LogP contribution in [0.4, 0.5) is 10.5 Å². The summed E-state index contributed by atoms with van der Waals surface area (Å²) in [6.07, 6.45) is 0.286. The Labute approximate surface area is 191 Å². The van der Waals surface area contributed by atoms with Gasteiger partial charge < -0.3 is 20.3 Å². The minimum Gasteiger partial charge on any atom is -0.493 e. The van der Waals surface area contributed by atoms with Gasteiger partial charge in [0.15, 0.2) is 5.54 Å². The molecule has 1 atom stereocenters. The van der Waals surface area contributed by atoms with Crippen molar-refractivity contribution in [3.05, 3.63) is 59.7 Å². The van der Waals surface area contributed by atoms with Gasteiger partial charge in [0.2, 0.25) is 5.91 Å². The number of imide groups is 1. The zero-order chi connectivity index (χ0) is 23.6. The molecule has 0 bridgehead atoms. The number of hydrogen-bond acceptors (Lipinski definition) is 5. The molecule has 4 rings (SSSR count). The smallest absolute Gasteiger partial charge is 0.325 e. The molecule has 9 heteroatoms. The fourth-order valence-corrected chi connectivity index (χ4v) is 4.25. The number of anilines is 1. The van der Waals surface area contributed by atoms with Gasteiger partial charge in [-0.25, -0.2) is 4.79 Å². The lowest BCUT2D eigenvalue weighted by Crippen LogP contribution is -2.48. The van der Waals surface area contributed by atoms with E-state index in [-0.39, 0.29) is 18.9 Å². The second kappa shape index (κ2) is 8.93. The predicted octanol–water partition coefficient (Wildman–Crippen LogP) is 2.34. The largest absolute Gasteiger partial charge is 0.493 e. The second-order valence-corrected chi connectivity index (χ2v) is 7.92. The van der Waals surface area contributed by atoms with Gasteiger partial charge in [-0.2, -0.15) is 0 Å². The van der Waals surface area contributed by atoms with E-state index in [4.69, 9.17) is 4.74 Å². The second-order valence-electron chi connectivity index (χ2n) is 7.92. The first-order valence-corrected chi connectivity index (χ1v) is 10.9. The van der Waals surface area contributed by atoms with E-state index in [1.807, 2.05) is 13.8 Å². The Morgan fingerprint density at radius 1 is 1.09 bits per heavy atom. The fraction of sp³-hybridized carbons (Fsp3) is 0.333. The van der Waals surface area contributed by atoms with Crippen molar-refractivity contribution >= 4 is 29.4 Å². The van der Waals surface area contributed by atoms with E-state index in [1.54, 1.807) is 53.4 Å². The molecule has 5 amide bonds. The lowest BCUT2D eigenvalue weighted by Gasteiger charge is -2.33. The Hall–Kier alpha value is -3.88. The minimum absolute atomic E-state index is 0.0840. The first-order valence-electron chi connectivity index (χ1n) is 10.9. The van der Waals surface area contributed by atoms with E-state index in [0.29, 0.717) is 35.7 Å². The summed E-state index contributed by atoms with van der Waals surface area (Å²) in [4.78, 5) is 53.5. The number of hydrogen-bond donors (Lipinski definition) is 2. The summed E-state index contributed by atoms with van der Waals surface area (Å²) < 4.78 is 5.62. The van der Waals surface area contributed by atoms with E-state index < -0.39 is 29.9 Å². The molecule has 2 aliphatic heterocycles. The van der Waals surface area contributed by atoms with Crippen LogP contribution in [-0.4, -0.2) is 59.8 Å². The number of benzene rings is 2. The van der Waals surface area contributed by atoms with Crippen molar-refractivity contribution in [1.82, 2.24) is 15.1 Å².